The molecule has 2 rings (SSSR count). The van der Waals surface area contributed by atoms with Gasteiger partial charge in [0.15, 0.2) is 11.7 Å². The smallest absolute Gasteiger partial charge is 0.410 e. The molecule has 142 valence electrons. The van der Waals surface area contributed by atoms with Crippen LogP contribution in [0, 0.1) is 11.3 Å². The topological polar surface area (TPSA) is 55.8 Å². The van der Waals surface area contributed by atoms with Gasteiger partial charge < -0.3 is 14.4 Å². The average molecular weight is 351 g/mol. The maximum absolute atomic E-state index is 12.3. The zero-order chi connectivity index (χ0) is 18.5. The molecule has 1 aliphatic carbocycles. The minimum atomic E-state index is -0.474. The first kappa shape index (κ1) is 19.8. The van der Waals surface area contributed by atoms with Crippen molar-refractivity contribution in [3.8, 4) is 0 Å². The molecule has 0 atom stereocenters. The van der Waals surface area contributed by atoms with E-state index in [4.69, 9.17) is 9.47 Å². The minimum Gasteiger partial charge on any atom is -0.490 e. The van der Waals surface area contributed by atoms with E-state index in [-0.39, 0.29) is 11.5 Å². The summed E-state index contributed by atoms with van der Waals surface area (Å²) >= 11 is 0. The second-order valence-electron chi connectivity index (χ2n) is 8.57. The van der Waals surface area contributed by atoms with Crippen molar-refractivity contribution < 1.29 is 19.1 Å². The highest BCUT2D eigenvalue weighted by Gasteiger charge is 2.44. The van der Waals surface area contributed by atoms with E-state index in [2.05, 4.69) is 0 Å². The number of methoxy groups -OCH3 is 1. The quantitative estimate of drug-likeness (QED) is 0.558. The highest BCUT2D eigenvalue weighted by molar-refractivity contribution is 5.68. The van der Waals surface area contributed by atoms with Crippen LogP contribution >= 0.6 is 0 Å². The number of hydrogen-bond acceptors (Lipinski definition) is 4. The van der Waals surface area contributed by atoms with Gasteiger partial charge in [-0.2, -0.15) is 0 Å². The van der Waals surface area contributed by atoms with E-state index < -0.39 is 5.60 Å². The zero-order valence-corrected chi connectivity index (χ0v) is 16.2. The van der Waals surface area contributed by atoms with Gasteiger partial charge in [0, 0.05) is 19.5 Å². The first-order chi connectivity index (χ1) is 11.8. The monoisotopic (exact) mass is 351 g/mol. The lowest BCUT2D eigenvalue weighted by atomic mass is 9.62. The third-order valence-corrected chi connectivity index (χ3v) is 5.75. The van der Waals surface area contributed by atoms with Crippen molar-refractivity contribution in [1.29, 1.82) is 0 Å². The Morgan fingerprint density at radius 2 is 1.76 bits per heavy atom. The molecule has 0 spiro atoms. The summed E-state index contributed by atoms with van der Waals surface area (Å²) < 4.78 is 10.8. The Hall–Kier alpha value is -1.48. The van der Waals surface area contributed by atoms with Gasteiger partial charge in [0.25, 0.3) is 0 Å². The maximum atomic E-state index is 12.3. The van der Waals surface area contributed by atoms with E-state index in [0.29, 0.717) is 31.2 Å². The molecule has 25 heavy (non-hydrogen) atoms. The summed E-state index contributed by atoms with van der Waals surface area (Å²) in [5, 5.41) is 0. The SMILES string of the molecule is COC(=C=O)CC1(C2CCCCC2)CCN(C(=O)OC(C)(C)C)CC1. The summed E-state index contributed by atoms with van der Waals surface area (Å²) in [5.41, 5.74) is -0.430. The number of carbonyl (C=O) groups is 1. The molecule has 0 radical (unpaired) electrons. The molecular weight excluding hydrogens is 318 g/mol. The summed E-state index contributed by atoms with van der Waals surface area (Å²) in [6.45, 7) is 7.03. The van der Waals surface area contributed by atoms with Gasteiger partial charge in [0.2, 0.25) is 0 Å². The number of nitrogens with zero attached hydrogens (tertiary/aromatic N) is 1. The third-order valence-electron chi connectivity index (χ3n) is 5.75. The van der Waals surface area contributed by atoms with Crippen LogP contribution in [-0.4, -0.2) is 42.7 Å². The van der Waals surface area contributed by atoms with Crippen molar-refractivity contribution in [2.75, 3.05) is 20.2 Å². The predicted molar refractivity (Wildman–Crippen MR) is 96.9 cm³/mol. The second-order valence-corrected chi connectivity index (χ2v) is 8.57. The van der Waals surface area contributed by atoms with Crippen LogP contribution in [0.4, 0.5) is 4.79 Å². The van der Waals surface area contributed by atoms with Crippen LogP contribution in [0.5, 0.6) is 0 Å². The number of likely N-dealkylation sites (tertiary alicyclic amines) is 1. The fourth-order valence-electron chi connectivity index (χ4n) is 4.38. The molecule has 2 aliphatic rings. The number of rotatable bonds is 4. The summed E-state index contributed by atoms with van der Waals surface area (Å²) in [4.78, 5) is 25.3. The Bertz CT molecular complexity index is 502. The zero-order valence-electron chi connectivity index (χ0n) is 16.2. The Labute approximate surface area is 151 Å². The Morgan fingerprint density at radius 3 is 2.24 bits per heavy atom. The molecule has 1 amide bonds. The van der Waals surface area contributed by atoms with E-state index in [1.165, 1.54) is 32.1 Å². The number of piperidine rings is 1. The lowest BCUT2D eigenvalue weighted by Gasteiger charge is -2.48. The molecule has 1 aliphatic heterocycles. The average Bonchev–Trinajstić information content (AvgIpc) is 2.59. The summed E-state index contributed by atoms with van der Waals surface area (Å²) in [5.74, 6) is 2.98. The van der Waals surface area contributed by atoms with Crippen LogP contribution in [0.2, 0.25) is 0 Å². The summed E-state index contributed by atoms with van der Waals surface area (Å²) in [7, 11) is 1.55. The Morgan fingerprint density at radius 1 is 1.16 bits per heavy atom. The van der Waals surface area contributed by atoms with Gasteiger partial charge in [-0.1, -0.05) is 19.3 Å². The van der Waals surface area contributed by atoms with Crippen molar-refractivity contribution in [3.63, 3.8) is 0 Å². The van der Waals surface area contributed by atoms with E-state index >= 15 is 0 Å². The Balaban J connectivity index is 2.08. The van der Waals surface area contributed by atoms with Gasteiger partial charge in [-0.15, -0.1) is 0 Å². The number of hydrogen-bond donors (Lipinski definition) is 0. The molecule has 0 bridgehead atoms. The molecule has 2 fully saturated rings. The predicted octanol–water partition coefficient (Wildman–Crippen LogP) is 4.34. The fraction of sp³-hybridized carbons (Fsp3) is 0.850. The lowest BCUT2D eigenvalue weighted by molar-refractivity contribution is -0.00960. The fourth-order valence-corrected chi connectivity index (χ4v) is 4.38. The van der Waals surface area contributed by atoms with Crippen LogP contribution in [0.3, 0.4) is 0 Å². The molecule has 0 unspecified atom stereocenters. The van der Waals surface area contributed by atoms with Crippen LogP contribution in [0.25, 0.3) is 0 Å². The number of carbonyl (C=O) groups excluding carboxylic acids is 2. The van der Waals surface area contributed by atoms with Crippen LogP contribution in [-0.2, 0) is 14.3 Å². The first-order valence-electron chi connectivity index (χ1n) is 9.55. The van der Waals surface area contributed by atoms with Crippen molar-refractivity contribution in [2.24, 2.45) is 11.3 Å². The van der Waals surface area contributed by atoms with Crippen molar-refractivity contribution in [2.45, 2.75) is 77.7 Å². The minimum absolute atomic E-state index is 0.0433. The van der Waals surface area contributed by atoms with E-state index in [0.717, 1.165) is 12.8 Å². The van der Waals surface area contributed by atoms with E-state index in [1.54, 1.807) is 7.11 Å². The number of amides is 1. The molecule has 5 heteroatoms. The van der Waals surface area contributed by atoms with Crippen molar-refractivity contribution in [3.05, 3.63) is 5.76 Å². The lowest BCUT2D eigenvalue weighted by Crippen LogP contribution is -2.48. The van der Waals surface area contributed by atoms with Crippen molar-refractivity contribution >= 4 is 12.0 Å². The standard InChI is InChI=1S/C20H33NO4/c1-19(2,3)25-18(23)21-12-10-20(11-13-21,14-17(15-22)24-4)16-8-6-5-7-9-16/h16H,5-14H2,1-4H3. The molecule has 0 aromatic carbocycles. The van der Waals surface area contributed by atoms with Crippen LogP contribution < -0.4 is 0 Å². The molecule has 0 aromatic heterocycles. The second kappa shape index (κ2) is 8.27. The third kappa shape index (κ3) is 5.24. The van der Waals surface area contributed by atoms with Gasteiger partial charge in [0.1, 0.15) is 5.60 Å². The molecule has 0 N–H and O–H groups in total. The van der Waals surface area contributed by atoms with Crippen LogP contribution in [0.15, 0.2) is 5.76 Å². The molecule has 0 aromatic rings. The van der Waals surface area contributed by atoms with E-state index in [9.17, 15) is 9.59 Å². The summed E-state index contributed by atoms with van der Waals surface area (Å²) in [6, 6.07) is 0. The number of ether oxygens (including phenoxy) is 2. The molecular formula is C20H33NO4. The van der Waals surface area contributed by atoms with Gasteiger partial charge in [-0.05, 0) is 57.8 Å². The van der Waals surface area contributed by atoms with Crippen LogP contribution in [0.1, 0.15) is 72.1 Å². The Kier molecular flexibility index (Phi) is 6.56. The van der Waals surface area contributed by atoms with Gasteiger partial charge in [0.05, 0.1) is 7.11 Å². The first-order valence-corrected chi connectivity index (χ1v) is 9.55. The van der Waals surface area contributed by atoms with E-state index in [1.807, 2.05) is 31.6 Å². The molecule has 5 nitrogen and oxygen atoms in total. The highest BCUT2D eigenvalue weighted by Crippen LogP contribution is 2.49. The summed E-state index contributed by atoms with van der Waals surface area (Å²) in [6.07, 6.45) is 8.44. The highest BCUT2D eigenvalue weighted by atomic mass is 16.6. The van der Waals surface area contributed by atoms with Gasteiger partial charge in [-0.25, -0.2) is 9.59 Å². The maximum Gasteiger partial charge on any atom is 0.410 e. The normalized spacial score (nSPS) is 21.4. The molecule has 1 heterocycles. The molecule has 1 saturated heterocycles. The molecule has 1 saturated carbocycles. The van der Waals surface area contributed by atoms with Crippen molar-refractivity contribution in [1.82, 2.24) is 4.90 Å². The number of allylic oxidation sites excluding steroid dienone is 1. The largest absolute Gasteiger partial charge is 0.490 e. The van der Waals surface area contributed by atoms with Gasteiger partial charge in [-0.3, -0.25) is 0 Å². The van der Waals surface area contributed by atoms with Gasteiger partial charge >= 0.3 is 6.09 Å².